The van der Waals surface area contributed by atoms with Crippen molar-refractivity contribution in [2.45, 2.75) is 45.1 Å². The molecule has 2 rings (SSSR count). The fraction of sp³-hybridized carbons (Fsp3) is 0.867. The van der Waals surface area contributed by atoms with Gasteiger partial charge in [-0.3, -0.25) is 4.90 Å². The number of fused-ring (bicyclic) bond motifs is 1. The van der Waals surface area contributed by atoms with E-state index in [2.05, 4.69) is 23.7 Å². The van der Waals surface area contributed by atoms with E-state index in [1.54, 1.807) is 0 Å². The topological polar surface area (TPSA) is 15.3 Å². The van der Waals surface area contributed by atoms with Crippen LogP contribution in [0, 0.1) is 11.8 Å². The summed E-state index contributed by atoms with van der Waals surface area (Å²) in [4.78, 5) is 2.77. The Morgan fingerprint density at radius 2 is 2.18 bits per heavy atom. The van der Waals surface area contributed by atoms with Gasteiger partial charge in [-0.2, -0.15) is 0 Å². The van der Waals surface area contributed by atoms with Crippen LogP contribution in [0.3, 0.4) is 0 Å². The minimum atomic E-state index is 0.856. The molecule has 17 heavy (non-hydrogen) atoms. The van der Waals surface area contributed by atoms with Crippen molar-refractivity contribution < 1.29 is 0 Å². The van der Waals surface area contributed by atoms with E-state index in [-0.39, 0.29) is 0 Å². The van der Waals surface area contributed by atoms with Crippen LogP contribution in [0.4, 0.5) is 0 Å². The Morgan fingerprint density at radius 3 is 2.94 bits per heavy atom. The van der Waals surface area contributed by atoms with Gasteiger partial charge in [-0.15, -0.1) is 6.58 Å². The van der Waals surface area contributed by atoms with Crippen molar-refractivity contribution >= 4 is 0 Å². The molecule has 0 spiro atoms. The molecule has 1 N–H and O–H groups in total. The molecule has 3 unspecified atom stereocenters. The van der Waals surface area contributed by atoms with Gasteiger partial charge in [0.2, 0.25) is 0 Å². The SMILES string of the molecule is C=CCCCCCN1CC2CNCC2C1CC. The third kappa shape index (κ3) is 3.11. The van der Waals surface area contributed by atoms with Gasteiger partial charge in [0.1, 0.15) is 0 Å². The van der Waals surface area contributed by atoms with Crippen LogP contribution in [0.1, 0.15) is 39.0 Å². The van der Waals surface area contributed by atoms with Crippen LogP contribution in [-0.2, 0) is 0 Å². The summed E-state index contributed by atoms with van der Waals surface area (Å²) in [5.41, 5.74) is 0. The van der Waals surface area contributed by atoms with E-state index in [0.717, 1.165) is 17.9 Å². The minimum Gasteiger partial charge on any atom is -0.316 e. The summed E-state index contributed by atoms with van der Waals surface area (Å²) in [6.07, 6.45) is 8.62. The van der Waals surface area contributed by atoms with Gasteiger partial charge in [0.15, 0.2) is 0 Å². The Kier molecular flexibility index (Phi) is 5.05. The molecule has 2 heteroatoms. The highest BCUT2D eigenvalue weighted by atomic mass is 15.2. The van der Waals surface area contributed by atoms with Gasteiger partial charge in [0.25, 0.3) is 0 Å². The third-order valence-corrected chi connectivity index (χ3v) is 4.60. The number of nitrogens with one attached hydrogen (secondary N) is 1. The van der Waals surface area contributed by atoms with Gasteiger partial charge in [0, 0.05) is 12.6 Å². The highest BCUT2D eigenvalue weighted by Gasteiger charge is 2.42. The highest BCUT2D eigenvalue weighted by molar-refractivity contribution is 4.97. The monoisotopic (exact) mass is 236 g/mol. The van der Waals surface area contributed by atoms with E-state index < -0.39 is 0 Å². The highest BCUT2D eigenvalue weighted by Crippen LogP contribution is 2.34. The Bertz CT molecular complexity index is 239. The van der Waals surface area contributed by atoms with Crippen molar-refractivity contribution in [3.8, 4) is 0 Å². The number of likely N-dealkylation sites (tertiary alicyclic amines) is 1. The summed E-state index contributed by atoms with van der Waals surface area (Å²) in [7, 11) is 0. The fourth-order valence-electron chi connectivity index (χ4n) is 3.71. The average Bonchev–Trinajstić information content (AvgIpc) is 2.88. The van der Waals surface area contributed by atoms with Crippen molar-refractivity contribution in [2.24, 2.45) is 11.8 Å². The Hall–Kier alpha value is -0.340. The van der Waals surface area contributed by atoms with Crippen LogP contribution in [0.15, 0.2) is 12.7 Å². The molecule has 0 saturated carbocycles. The zero-order chi connectivity index (χ0) is 12.1. The molecule has 2 nitrogen and oxygen atoms in total. The maximum atomic E-state index is 3.78. The van der Waals surface area contributed by atoms with Crippen LogP contribution in [-0.4, -0.2) is 37.1 Å². The largest absolute Gasteiger partial charge is 0.316 e. The van der Waals surface area contributed by atoms with Gasteiger partial charge in [-0.05, 0) is 57.2 Å². The third-order valence-electron chi connectivity index (χ3n) is 4.60. The minimum absolute atomic E-state index is 0.856. The van der Waals surface area contributed by atoms with Crippen molar-refractivity contribution in [3.05, 3.63) is 12.7 Å². The van der Waals surface area contributed by atoms with E-state index in [1.165, 1.54) is 58.3 Å². The molecule has 2 heterocycles. The van der Waals surface area contributed by atoms with E-state index in [0.29, 0.717) is 0 Å². The molecule has 3 atom stereocenters. The van der Waals surface area contributed by atoms with E-state index in [9.17, 15) is 0 Å². The van der Waals surface area contributed by atoms with Crippen LogP contribution in [0.5, 0.6) is 0 Å². The molecule has 0 radical (unpaired) electrons. The summed E-state index contributed by atoms with van der Waals surface area (Å²) < 4.78 is 0. The molecule has 0 amide bonds. The lowest BCUT2D eigenvalue weighted by molar-refractivity contribution is 0.214. The van der Waals surface area contributed by atoms with Gasteiger partial charge < -0.3 is 5.32 Å². The first-order valence-electron chi connectivity index (χ1n) is 7.42. The van der Waals surface area contributed by atoms with Gasteiger partial charge >= 0.3 is 0 Å². The predicted molar refractivity (Wildman–Crippen MR) is 74.2 cm³/mol. The first-order valence-corrected chi connectivity index (χ1v) is 7.42. The lowest BCUT2D eigenvalue weighted by Gasteiger charge is -2.26. The van der Waals surface area contributed by atoms with Crippen LogP contribution in [0.2, 0.25) is 0 Å². The molecule has 0 aromatic rings. The van der Waals surface area contributed by atoms with E-state index in [4.69, 9.17) is 0 Å². The number of allylic oxidation sites excluding steroid dienone is 1. The number of rotatable bonds is 7. The summed E-state index contributed by atoms with van der Waals surface area (Å²) >= 11 is 0. The zero-order valence-corrected chi connectivity index (χ0v) is 11.3. The molecule has 0 bridgehead atoms. The van der Waals surface area contributed by atoms with E-state index >= 15 is 0 Å². The predicted octanol–water partition coefficient (Wildman–Crippen LogP) is 2.66. The normalized spacial score (nSPS) is 32.9. The molecule has 0 aliphatic carbocycles. The van der Waals surface area contributed by atoms with Crippen molar-refractivity contribution in [3.63, 3.8) is 0 Å². The van der Waals surface area contributed by atoms with E-state index in [1.807, 2.05) is 6.08 Å². The fourth-order valence-corrected chi connectivity index (χ4v) is 3.71. The smallest absolute Gasteiger partial charge is 0.0137 e. The Morgan fingerprint density at radius 1 is 1.29 bits per heavy atom. The second kappa shape index (κ2) is 6.55. The number of hydrogen-bond donors (Lipinski definition) is 1. The maximum absolute atomic E-state index is 3.78. The molecule has 0 aromatic heterocycles. The molecule has 2 aliphatic heterocycles. The molecular formula is C15H28N2. The van der Waals surface area contributed by atoms with Gasteiger partial charge in [-0.25, -0.2) is 0 Å². The summed E-state index contributed by atoms with van der Waals surface area (Å²) in [6.45, 7) is 11.3. The number of nitrogens with zero attached hydrogens (tertiary/aromatic N) is 1. The lowest BCUT2D eigenvalue weighted by Crippen LogP contribution is -2.35. The first-order chi connectivity index (χ1) is 8.36. The number of unbranched alkanes of at least 4 members (excludes halogenated alkanes) is 3. The second-order valence-corrected chi connectivity index (χ2v) is 5.69. The Labute approximate surface area is 106 Å². The zero-order valence-electron chi connectivity index (χ0n) is 11.3. The molecule has 2 aliphatic rings. The van der Waals surface area contributed by atoms with Crippen molar-refractivity contribution in [1.82, 2.24) is 10.2 Å². The van der Waals surface area contributed by atoms with Gasteiger partial charge in [-0.1, -0.05) is 19.4 Å². The quantitative estimate of drug-likeness (QED) is 0.540. The summed E-state index contributed by atoms with van der Waals surface area (Å²) in [5, 5.41) is 3.56. The summed E-state index contributed by atoms with van der Waals surface area (Å²) in [5.74, 6) is 1.88. The standard InChI is InChI=1S/C15H28N2/c1-3-5-6-7-8-9-17-12-13-10-16-11-14(13)15(17)4-2/h3,13-16H,1,4-12H2,2H3. The van der Waals surface area contributed by atoms with Crippen molar-refractivity contribution in [1.29, 1.82) is 0 Å². The maximum Gasteiger partial charge on any atom is 0.0137 e. The van der Waals surface area contributed by atoms with Crippen LogP contribution >= 0.6 is 0 Å². The molecule has 2 saturated heterocycles. The summed E-state index contributed by atoms with van der Waals surface area (Å²) in [6, 6.07) is 0.856. The van der Waals surface area contributed by atoms with Crippen molar-refractivity contribution in [2.75, 3.05) is 26.2 Å². The molecule has 0 aromatic carbocycles. The second-order valence-electron chi connectivity index (χ2n) is 5.69. The van der Waals surface area contributed by atoms with Gasteiger partial charge in [0.05, 0.1) is 0 Å². The molecular weight excluding hydrogens is 208 g/mol. The molecule has 98 valence electrons. The molecule has 2 fully saturated rings. The lowest BCUT2D eigenvalue weighted by atomic mass is 9.93. The Balaban J connectivity index is 1.71. The average molecular weight is 236 g/mol. The number of hydrogen-bond acceptors (Lipinski definition) is 2. The first kappa shape index (κ1) is 13.1. The van der Waals surface area contributed by atoms with Crippen LogP contribution in [0.25, 0.3) is 0 Å². The van der Waals surface area contributed by atoms with Crippen LogP contribution < -0.4 is 5.32 Å².